The summed E-state index contributed by atoms with van der Waals surface area (Å²) in [4.78, 5) is 19.4. The number of rotatable bonds is 12. The van der Waals surface area contributed by atoms with Gasteiger partial charge in [-0.25, -0.2) is 0 Å². The second-order valence-electron chi connectivity index (χ2n) is 6.60. The molecule has 168 valence electrons. The summed E-state index contributed by atoms with van der Waals surface area (Å²) in [7, 11) is 0. The molecule has 0 aliphatic heterocycles. The van der Waals surface area contributed by atoms with Crippen molar-refractivity contribution in [3.05, 3.63) is 0 Å². The van der Waals surface area contributed by atoms with E-state index in [-0.39, 0.29) is 0 Å². The van der Waals surface area contributed by atoms with E-state index < -0.39 is 0 Å². The quantitative estimate of drug-likeness (QED) is 0.250. The van der Waals surface area contributed by atoms with Crippen LogP contribution in [0, 0.1) is 0 Å². The maximum Gasteiger partial charge on any atom is 0.237 e. The predicted molar refractivity (Wildman–Crippen MR) is 151 cm³/mol. The van der Waals surface area contributed by atoms with Crippen LogP contribution in [0.2, 0.25) is 0 Å². The van der Waals surface area contributed by atoms with Crippen molar-refractivity contribution in [1.82, 2.24) is 15.0 Å². The zero-order valence-corrected chi connectivity index (χ0v) is 22.7. The second-order valence-corrected chi connectivity index (χ2v) is 9.94. The SMILES string of the molecule is CCCCN(C(=S)S)c1nc(N(CCCC)C(=S)S)nc(N(CCCC)C(=S)S)n1. The molecule has 1 aromatic heterocycles. The maximum absolute atomic E-state index is 5.35. The topological polar surface area (TPSA) is 48.4 Å². The fourth-order valence-corrected chi connectivity index (χ4v) is 3.58. The fourth-order valence-electron chi connectivity index (χ4n) is 2.50. The smallest absolute Gasteiger partial charge is 0.237 e. The third kappa shape index (κ3) is 8.70. The van der Waals surface area contributed by atoms with Crippen LogP contribution in [0.4, 0.5) is 17.8 Å². The van der Waals surface area contributed by atoms with Gasteiger partial charge < -0.3 is 0 Å². The first-order valence-electron chi connectivity index (χ1n) is 10.0. The minimum atomic E-state index is 0.397. The first-order chi connectivity index (χ1) is 14.3. The van der Waals surface area contributed by atoms with Crippen LogP contribution in [0.25, 0.3) is 0 Å². The van der Waals surface area contributed by atoms with Crippen molar-refractivity contribution >= 4 is 105 Å². The summed E-state index contributed by atoms with van der Waals surface area (Å²) < 4.78 is 1.19. The van der Waals surface area contributed by atoms with Crippen LogP contribution in [-0.2, 0) is 0 Å². The number of anilines is 3. The van der Waals surface area contributed by atoms with Crippen LogP contribution in [0.1, 0.15) is 59.3 Å². The molecule has 1 aromatic rings. The molecule has 0 aliphatic rings. The first-order valence-corrected chi connectivity index (χ1v) is 12.6. The van der Waals surface area contributed by atoms with E-state index in [2.05, 4.69) is 73.6 Å². The minimum Gasteiger partial charge on any atom is -0.296 e. The molecule has 0 atom stereocenters. The Labute approximate surface area is 212 Å². The summed E-state index contributed by atoms with van der Waals surface area (Å²) in [5.74, 6) is 1.25. The van der Waals surface area contributed by atoms with Gasteiger partial charge in [-0.2, -0.15) is 15.0 Å². The van der Waals surface area contributed by atoms with Gasteiger partial charge in [0.25, 0.3) is 0 Å². The van der Waals surface area contributed by atoms with Crippen LogP contribution >= 0.6 is 74.5 Å². The van der Waals surface area contributed by atoms with Crippen molar-refractivity contribution in [2.45, 2.75) is 59.3 Å². The van der Waals surface area contributed by atoms with Gasteiger partial charge in [-0.05, 0) is 19.3 Å². The third-order valence-electron chi connectivity index (χ3n) is 4.22. The van der Waals surface area contributed by atoms with Crippen LogP contribution in [0.3, 0.4) is 0 Å². The summed E-state index contributed by atoms with van der Waals surface area (Å²) >= 11 is 29.2. The predicted octanol–water partition coefficient (Wildman–Crippen LogP) is 5.34. The van der Waals surface area contributed by atoms with E-state index in [0.717, 1.165) is 38.5 Å². The Kier molecular flexibility index (Phi) is 13.6. The van der Waals surface area contributed by atoms with E-state index in [1.165, 1.54) is 0 Å². The number of thiocarbonyl (C=S) groups is 3. The monoisotopic (exact) mass is 522 g/mol. The molecular formula is C18H30N6S6. The van der Waals surface area contributed by atoms with Gasteiger partial charge in [-0.15, -0.1) is 37.9 Å². The molecule has 0 fully saturated rings. The molecule has 0 saturated carbocycles. The Bertz CT molecular complexity index is 624. The largest absolute Gasteiger partial charge is 0.296 e. The van der Waals surface area contributed by atoms with E-state index >= 15 is 0 Å². The highest BCUT2D eigenvalue weighted by Gasteiger charge is 2.23. The molecular weight excluding hydrogens is 493 g/mol. The molecule has 0 N–H and O–H groups in total. The van der Waals surface area contributed by atoms with E-state index in [4.69, 9.17) is 36.7 Å². The first kappa shape index (κ1) is 27.8. The summed E-state index contributed by atoms with van der Waals surface area (Å²) in [6.45, 7) is 8.30. The normalized spacial score (nSPS) is 10.6. The van der Waals surface area contributed by atoms with Gasteiger partial charge in [0.1, 0.15) is 13.0 Å². The number of nitrogens with zero attached hydrogens (tertiary/aromatic N) is 6. The van der Waals surface area contributed by atoms with Crippen molar-refractivity contribution in [1.29, 1.82) is 0 Å². The van der Waals surface area contributed by atoms with E-state index in [0.29, 0.717) is 50.4 Å². The molecule has 1 heterocycles. The molecule has 0 unspecified atom stereocenters. The van der Waals surface area contributed by atoms with Gasteiger partial charge in [0, 0.05) is 19.6 Å². The molecule has 12 heteroatoms. The maximum atomic E-state index is 5.35. The minimum absolute atomic E-state index is 0.397. The molecule has 0 bridgehead atoms. The Morgan fingerprint density at radius 1 is 0.600 bits per heavy atom. The lowest BCUT2D eigenvalue weighted by Crippen LogP contribution is -2.35. The van der Waals surface area contributed by atoms with Gasteiger partial charge in [-0.3, -0.25) is 14.7 Å². The summed E-state index contributed by atoms with van der Waals surface area (Å²) in [5.41, 5.74) is 0. The summed E-state index contributed by atoms with van der Waals surface area (Å²) in [5, 5.41) is 0. The summed E-state index contributed by atoms with van der Waals surface area (Å²) in [6, 6.07) is 0. The highest BCUT2D eigenvalue weighted by molar-refractivity contribution is 8.12. The molecule has 1 rings (SSSR count). The van der Waals surface area contributed by atoms with Crippen LogP contribution in [0.5, 0.6) is 0 Å². The van der Waals surface area contributed by atoms with Crippen molar-refractivity contribution < 1.29 is 0 Å². The molecule has 0 spiro atoms. The van der Waals surface area contributed by atoms with E-state index in [1.807, 2.05) is 0 Å². The van der Waals surface area contributed by atoms with E-state index in [9.17, 15) is 0 Å². The lowest BCUT2D eigenvalue weighted by molar-refractivity contribution is 0.757. The molecule has 0 aliphatic carbocycles. The van der Waals surface area contributed by atoms with E-state index in [1.54, 1.807) is 14.7 Å². The Hall–Kier alpha value is -0.270. The second kappa shape index (κ2) is 14.7. The zero-order chi connectivity index (χ0) is 22.7. The third-order valence-corrected chi connectivity index (χ3v) is 5.61. The highest BCUT2D eigenvalue weighted by Crippen LogP contribution is 2.23. The average molecular weight is 523 g/mol. The Balaban J connectivity index is 3.56. The lowest BCUT2D eigenvalue weighted by Gasteiger charge is -2.27. The number of hydrogen-bond acceptors (Lipinski definition) is 6. The van der Waals surface area contributed by atoms with Crippen LogP contribution < -0.4 is 14.7 Å². The lowest BCUT2D eigenvalue weighted by atomic mass is 10.3. The van der Waals surface area contributed by atoms with Crippen molar-refractivity contribution in [3.63, 3.8) is 0 Å². The highest BCUT2D eigenvalue weighted by atomic mass is 32.1. The van der Waals surface area contributed by atoms with Crippen molar-refractivity contribution in [2.24, 2.45) is 0 Å². The van der Waals surface area contributed by atoms with Gasteiger partial charge in [0.15, 0.2) is 0 Å². The van der Waals surface area contributed by atoms with Gasteiger partial charge in [0.05, 0.1) is 0 Å². The number of thiol groups is 3. The number of aromatic nitrogens is 3. The molecule has 0 radical (unpaired) electrons. The van der Waals surface area contributed by atoms with Gasteiger partial charge in [-0.1, -0.05) is 76.7 Å². The molecule has 0 saturated heterocycles. The van der Waals surface area contributed by atoms with Gasteiger partial charge in [0.2, 0.25) is 17.8 Å². The average Bonchev–Trinajstić information content (AvgIpc) is 2.68. The van der Waals surface area contributed by atoms with Crippen LogP contribution in [-0.4, -0.2) is 47.5 Å². The standard InChI is InChI=1S/C18H30N6S6/c1-4-7-10-22(16(25)26)13-19-14(23(17(27)28)11-8-5-2)21-15(20-13)24(18(29)30)12-9-6-3/h4-12H2,1-3H3,(H,25,26)(H,27,28)(H,29,30). The summed E-state index contributed by atoms with van der Waals surface area (Å²) in [6.07, 6.45) is 5.78. The number of unbranched alkanes of at least 4 members (excludes halogenated alkanes) is 3. The zero-order valence-electron chi connectivity index (χ0n) is 17.6. The molecule has 30 heavy (non-hydrogen) atoms. The molecule has 6 nitrogen and oxygen atoms in total. The number of hydrogen-bond donors (Lipinski definition) is 3. The van der Waals surface area contributed by atoms with Crippen molar-refractivity contribution in [2.75, 3.05) is 34.3 Å². The van der Waals surface area contributed by atoms with Gasteiger partial charge >= 0.3 is 0 Å². The Morgan fingerprint density at radius 2 is 0.833 bits per heavy atom. The molecule has 0 aromatic carbocycles. The molecule has 0 amide bonds. The van der Waals surface area contributed by atoms with Crippen molar-refractivity contribution in [3.8, 4) is 0 Å². The Morgan fingerprint density at radius 3 is 1.00 bits per heavy atom. The fraction of sp³-hybridized carbons (Fsp3) is 0.667. The van der Waals surface area contributed by atoms with Crippen LogP contribution in [0.15, 0.2) is 0 Å².